The van der Waals surface area contributed by atoms with Crippen LogP contribution in [0.1, 0.15) is 37.4 Å². The Morgan fingerprint density at radius 2 is 1.80 bits per heavy atom. The van der Waals surface area contributed by atoms with Gasteiger partial charge in [-0.25, -0.2) is 9.80 Å². The Bertz CT molecular complexity index is 1040. The second-order valence-corrected chi connectivity index (χ2v) is 8.49. The van der Waals surface area contributed by atoms with Gasteiger partial charge in [0.15, 0.2) is 0 Å². The van der Waals surface area contributed by atoms with Crippen LogP contribution in [0.4, 0.5) is 4.79 Å². The Morgan fingerprint density at radius 3 is 2.43 bits per heavy atom. The number of carbonyl (C=O) groups is 2. The van der Waals surface area contributed by atoms with E-state index in [9.17, 15) is 9.59 Å². The van der Waals surface area contributed by atoms with Crippen molar-refractivity contribution in [3.8, 4) is 11.5 Å². The van der Waals surface area contributed by atoms with Crippen LogP contribution in [0, 0.1) is 0 Å². The molecule has 3 amide bonds. The molecule has 0 radical (unpaired) electrons. The van der Waals surface area contributed by atoms with Gasteiger partial charge in [-0.2, -0.15) is 5.10 Å². The molecule has 188 valence electrons. The predicted octanol–water partition coefficient (Wildman–Crippen LogP) is 3.45. The Hall–Kier alpha value is -3.59. The van der Waals surface area contributed by atoms with Crippen LogP contribution in [0.15, 0.2) is 53.6 Å². The summed E-state index contributed by atoms with van der Waals surface area (Å²) in [5.41, 5.74) is 2.52. The van der Waals surface area contributed by atoms with E-state index >= 15 is 0 Å². The standard InChI is InChI=1S/C26H34N4O5/c1-18(2)27-26(32)29(14-15-33-3)17-25(31)30-23(21-8-6-7-9-24(21)35-5)16-22(28-30)19-10-12-20(34-4)13-11-19/h6-13,18,23H,14-17H2,1-5H3,(H,27,32)/t23-/m1/s1. The molecule has 9 heteroatoms. The maximum Gasteiger partial charge on any atom is 0.318 e. The average Bonchev–Trinajstić information content (AvgIpc) is 3.31. The first kappa shape index (κ1) is 26.0. The highest BCUT2D eigenvalue weighted by Gasteiger charge is 2.35. The summed E-state index contributed by atoms with van der Waals surface area (Å²) in [5.74, 6) is 1.13. The number of hydrogen-bond acceptors (Lipinski definition) is 6. The maximum absolute atomic E-state index is 13.6. The van der Waals surface area contributed by atoms with Crippen molar-refractivity contribution in [1.29, 1.82) is 0 Å². The van der Waals surface area contributed by atoms with Gasteiger partial charge in [-0.15, -0.1) is 0 Å². The fourth-order valence-electron chi connectivity index (χ4n) is 3.91. The van der Waals surface area contributed by atoms with E-state index in [1.807, 2.05) is 62.4 Å². The summed E-state index contributed by atoms with van der Waals surface area (Å²) in [7, 11) is 4.78. The smallest absolute Gasteiger partial charge is 0.318 e. The number of nitrogens with one attached hydrogen (secondary N) is 1. The summed E-state index contributed by atoms with van der Waals surface area (Å²) in [5, 5.41) is 9.03. The third-order valence-corrected chi connectivity index (χ3v) is 5.68. The zero-order chi connectivity index (χ0) is 25.4. The Labute approximate surface area is 206 Å². The molecule has 0 unspecified atom stereocenters. The molecule has 1 N–H and O–H groups in total. The highest BCUT2D eigenvalue weighted by atomic mass is 16.5. The molecule has 1 atom stereocenters. The summed E-state index contributed by atoms with van der Waals surface area (Å²) in [4.78, 5) is 27.7. The fourth-order valence-corrected chi connectivity index (χ4v) is 3.91. The lowest BCUT2D eigenvalue weighted by molar-refractivity contribution is -0.133. The second-order valence-electron chi connectivity index (χ2n) is 8.49. The minimum absolute atomic E-state index is 0.0598. The van der Waals surface area contributed by atoms with E-state index in [2.05, 4.69) is 5.32 Å². The van der Waals surface area contributed by atoms with E-state index in [4.69, 9.17) is 19.3 Å². The van der Waals surface area contributed by atoms with Crippen molar-refractivity contribution in [1.82, 2.24) is 15.2 Å². The third kappa shape index (κ3) is 6.51. The van der Waals surface area contributed by atoms with Crippen LogP contribution in [0.2, 0.25) is 0 Å². The van der Waals surface area contributed by atoms with Gasteiger partial charge in [0.1, 0.15) is 18.0 Å². The number of ether oxygens (including phenoxy) is 3. The van der Waals surface area contributed by atoms with Crippen molar-refractivity contribution in [2.45, 2.75) is 32.4 Å². The number of urea groups is 1. The first-order chi connectivity index (χ1) is 16.9. The SMILES string of the molecule is COCCN(CC(=O)N1N=C(c2ccc(OC)cc2)C[C@@H]1c1ccccc1OC)C(=O)NC(C)C. The number of benzene rings is 2. The van der Waals surface area contributed by atoms with Crippen LogP contribution in [-0.4, -0.2) is 74.6 Å². The first-order valence-electron chi connectivity index (χ1n) is 11.6. The number of para-hydroxylation sites is 1. The van der Waals surface area contributed by atoms with E-state index in [1.54, 1.807) is 21.3 Å². The van der Waals surface area contributed by atoms with Crippen molar-refractivity contribution in [2.24, 2.45) is 5.10 Å². The van der Waals surface area contributed by atoms with Crippen LogP contribution in [0.5, 0.6) is 11.5 Å². The van der Waals surface area contributed by atoms with Gasteiger partial charge in [0, 0.05) is 31.7 Å². The maximum atomic E-state index is 13.6. The van der Waals surface area contributed by atoms with Crippen LogP contribution >= 0.6 is 0 Å². The summed E-state index contributed by atoms with van der Waals surface area (Å²) in [6, 6.07) is 14.4. The van der Waals surface area contributed by atoms with E-state index in [0.29, 0.717) is 18.8 Å². The number of hydrogen-bond donors (Lipinski definition) is 1. The molecule has 2 aromatic carbocycles. The second kappa shape index (κ2) is 12.2. The number of methoxy groups -OCH3 is 3. The summed E-state index contributed by atoms with van der Waals surface area (Å²) < 4.78 is 16.0. The van der Waals surface area contributed by atoms with Gasteiger partial charge in [-0.05, 0) is 49.7 Å². The molecule has 1 heterocycles. The molecule has 0 bridgehead atoms. The quantitative estimate of drug-likeness (QED) is 0.560. The lowest BCUT2D eigenvalue weighted by Crippen LogP contribution is -2.48. The van der Waals surface area contributed by atoms with Crippen LogP contribution in [-0.2, 0) is 9.53 Å². The molecule has 1 aliphatic heterocycles. The Balaban J connectivity index is 1.92. The highest BCUT2D eigenvalue weighted by molar-refractivity contribution is 6.03. The molecule has 0 saturated carbocycles. The Kier molecular flexibility index (Phi) is 9.08. The van der Waals surface area contributed by atoms with E-state index in [-0.39, 0.29) is 37.1 Å². The molecule has 3 rings (SSSR count). The lowest BCUT2D eigenvalue weighted by atomic mass is 9.97. The van der Waals surface area contributed by atoms with Crippen LogP contribution in [0.25, 0.3) is 0 Å². The summed E-state index contributed by atoms with van der Waals surface area (Å²) in [6.07, 6.45) is 0.509. The molecular formula is C26H34N4O5. The molecule has 35 heavy (non-hydrogen) atoms. The molecule has 0 aromatic heterocycles. The molecule has 2 aromatic rings. The fraction of sp³-hybridized carbons (Fsp3) is 0.423. The predicted molar refractivity (Wildman–Crippen MR) is 134 cm³/mol. The van der Waals surface area contributed by atoms with Gasteiger partial charge in [0.25, 0.3) is 5.91 Å². The van der Waals surface area contributed by atoms with Crippen LogP contribution < -0.4 is 14.8 Å². The van der Waals surface area contributed by atoms with Gasteiger partial charge in [-0.1, -0.05) is 18.2 Å². The van der Waals surface area contributed by atoms with E-state index in [1.165, 1.54) is 9.91 Å². The number of hydrazone groups is 1. The van der Waals surface area contributed by atoms with Crippen molar-refractivity contribution in [3.05, 3.63) is 59.7 Å². The molecular weight excluding hydrogens is 448 g/mol. The van der Waals surface area contributed by atoms with Gasteiger partial charge in [0.2, 0.25) is 0 Å². The van der Waals surface area contributed by atoms with Gasteiger partial charge >= 0.3 is 6.03 Å². The van der Waals surface area contributed by atoms with Crippen molar-refractivity contribution in [2.75, 3.05) is 41.0 Å². The van der Waals surface area contributed by atoms with Gasteiger partial charge in [-0.3, -0.25) is 4.79 Å². The molecule has 0 fully saturated rings. The van der Waals surface area contributed by atoms with Crippen molar-refractivity contribution in [3.63, 3.8) is 0 Å². The van der Waals surface area contributed by atoms with Gasteiger partial charge < -0.3 is 24.4 Å². The minimum Gasteiger partial charge on any atom is -0.497 e. The normalized spacial score (nSPS) is 15.1. The monoisotopic (exact) mass is 482 g/mol. The number of amides is 3. The number of nitrogens with zero attached hydrogens (tertiary/aromatic N) is 3. The minimum atomic E-state index is -0.367. The molecule has 0 spiro atoms. The Morgan fingerprint density at radius 1 is 1.09 bits per heavy atom. The number of carbonyl (C=O) groups excluding carboxylic acids is 2. The average molecular weight is 483 g/mol. The zero-order valence-electron chi connectivity index (χ0n) is 21.0. The number of rotatable bonds is 10. The largest absolute Gasteiger partial charge is 0.497 e. The molecule has 1 aliphatic rings. The molecule has 0 saturated heterocycles. The van der Waals surface area contributed by atoms with E-state index < -0.39 is 0 Å². The molecule has 0 aliphatic carbocycles. The van der Waals surface area contributed by atoms with Crippen molar-refractivity contribution >= 4 is 17.6 Å². The third-order valence-electron chi connectivity index (χ3n) is 5.68. The lowest BCUT2D eigenvalue weighted by Gasteiger charge is -2.28. The van der Waals surface area contributed by atoms with Crippen molar-refractivity contribution < 1.29 is 23.8 Å². The summed E-state index contributed by atoms with van der Waals surface area (Å²) >= 11 is 0. The topological polar surface area (TPSA) is 92.7 Å². The van der Waals surface area contributed by atoms with Crippen LogP contribution in [0.3, 0.4) is 0 Å². The molecule has 9 nitrogen and oxygen atoms in total. The summed E-state index contributed by atoms with van der Waals surface area (Å²) in [6.45, 7) is 4.21. The highest BCUT2D eigenvalue weighted by Crippen LogP contribution is 2.37. The van der Waals surface area contributed by atoms with E-state index in [0.717, 1.165) is 22.6 Å². The zero-order valence-corrected chi connectivity index (χ0v) is 21.0. The van der Waals surface area contributed by atoms with Gasteiger partial charge in [0.05, 0.1) is 32.6 Å². The first-order valence-corrected chi connectivity index (χ1v) is 11.6.